The molecule has 96 valence electrons. The summed E-state index contributed by atoms with van der Waals surface area (Å²) in [6.45, 7) is 6.34. The van der Waals surface area contributed by atoms with Gasteiger partial charge in [0.25, 0.3) is 0 Å². The largest absolute Gasteiger partial charge is 0.504 e. The third-order valence-electron chi connectivity index (χ3n) is 3.35. The quantitative estimate of drug-likeness (QED) is 0.730. The summed E-state index contributed by atoms with van der Waals surface area (Å²) >= 11 is 0. The first-order valence-corrected chi connectivity index (χ1v) is 6.65. The van der Waals surface area contributed by atoms with Gasteiger partial charge in [0, 0.05) is 5.56 Å². The molecule has 0 saturated carbocycles. The van der Waals surface area contributed by atoms with Crippen molar-refractivity contribution in [2.45, 2.75) is 59.3 Å². The fourth-order valence-corrected chi connectivity index (χ4v) is 2.15. The Labute approximate surface area is 104 Å². The molecular weight excluding hydrogens is 212 g/mol. The van der Waals surface area contributed by atoms with Crippen LogP contribution in [0.3, 0.4) is 0 Å². The van der Waals surface area contributed by atoms with Crippen LogP contribution in [0.25, 0.3) is 0 Å². The Kier molecular flexibility index (Phi) is 5.33. The smallest absolute Gasteiger partial charge is 0.160 e. The second kappa shape index (κ2) is 6.53. The number of hydrogen-bond donors (Lipinski definition) is 2. The van der Waals surface area contributed by atoms with E-state index in [1.54, 1.807) is 6.07 Å². The van der Waals surface area contributed by atoms with Crippen molar-refractivity contribution >= 4 is 0 Å². The average molecular weight is 236 g/mol. The van der Waals surface area contributed by atoms with Crippen LogP contribution >= 0.6 is 0 Å². The summed E-state index contributed by atoms with van der Waals surface area (Å²) in [5.41, 5.74) is 3.26. The fourth-order valence-electron chi connectivity index (χ4n) is 2.15. The lowest BCUT2D eigenvalue weighted by Gasteiger charge is -2.14. The van der Waals surface area contributed by atoms with E-state index < -0.39 is 0 Å². The van der Waals surface area contributed by atoms with Crippen molar-refractivity contribution in [3.8, 4) is 11.5 Å². The Morgan fingerprint density at radius 1 is 1.00 bits per heavy atom. The van der Waals surface area contributed by atoms with Crippen LogP contribution < -0.4 is 0 Å². The molecule has 0 unspecified atom stereocenters. The predicted octanol–water partition coefficient (Wildman–Crippen LogP) is 4.09. The molecule has 1 rings (SSSR count). The summed E-state index contributed by atoms with van der Waals surface area (Å²) in [5.74, 6) is 0.115. The van der Waals surface area contributed by atoms with Crippen molar-refractivity contribution in [2.24, 2.45) is 0 Å². The molecule has 0 aliphatic rings. The molecule has 2 heteroatoms. The molecule has 0 fully saturated rings. The van der Waals surface area contributed by atoms with Crippen molar-refractivity contribution in [1.29, 1.82) is 0 Å². The van der Waals surface area contributed by atoms with Crippen molar-refractivity contribution in [1.82, 2.24) is 0 Å². The standard InChI is InChI=1S/C15H24O2/c1-4-6-8-12-10-14(16)15(17)13(11(12)3)9-7-5-2/h10,16-17H,4-9H2,1-3H3. The van der Waals surface area contributed by atoms with E-state index in [1.807, 2.05) is 0 Å². The van der Waals surface area contributed by atoms with E-state index in [4.69, 9.17) is 0 Å². The summed E-state index contributed by atoms with van der Waals surface area (Å²) in [6.07, 6.45) is 6.24. The van der Waals surface area contributed by atoms with Crippen LogP contribution in [0.4, 0.5) is 0 Å². The molecule has 17 heavy (non-hydrogen) atoms. The third-order valence-corrected chi connectivity index (χ3v) is 3.35. The number of hydrogen-bond acceptors (Lipinski definition) is 2. The zero-order chi connectivity index (χ0) is 12.8. The van der Waals surface area contributed by atoms with Gasteiger partial charge in [-0.1, -0.05) is 26.7 Å². The number of unbranched alkanes of at least 4 members (excludes halogenated alkanes) is 2. The molecule has 1 aromatic carbocycles. The SMILES string of the molecule is CCCCc1cc(O)c(O)c(CCCC)c1C. The van der Waals surface area contributed by atoms with Gasteiger partial charge in [0.1, 0.15) is 0 Å². The van der Waals surface area contributed by atoms with E-state index in [1.165, 1.54) is 5.56 Å². The summed E-state index contributed by atoms with van der Waals surface area (Å²) in [6, 6.07) is 1.72. The maximum atomic E-state index is 9.90. The number of benzene rings is 1. The molecular formula is C15H24O2. The molecule has 0 bridgehead atoms. The Hall–Kier alpha value is -1.18. The van der Waals surface area contributed by atoms with Crippen LogP contribution in [0.2, 0.25) is 0 Å². The lowest BCUT2D eigenvalue weighted by Crippen LogP contribution is -1.97. The van der Waals surface area contributed by atoms with Crippen LogP contribution in [0, 0.1) is 6.92 Å². The number of rotatable bonds is 6. The Morgan fingerprint density at radius 3 is 2.18 bits per heavy atom. The fraction of sp³-hybridized carbons (Fsp3) is 0.600. The van der Waals surface area contributed by atoms with Crippen LogP contribution in [-0.4, -0.2) is 10.2 Å². The van der Waals surface area contributed by atoms with E-state index in [0.29, 0.717) is 0 Å². The van der Waals surface area contributed by atoms with Gasteiger partial charge in [0.15, 0.2) is 11.5 Å². The van der Waals surface area contributed by atoms with Gasteiger partial charge in [-0.15, -0.1) is 0 Å². The predicted molar refractivity (Wildman–Crippen MR) is 71.7 cm³/mol. The maximum Gasteiger partial charge on any atom is 0.160 e. The zero-order valence-electron chi connectivity index (χ0n) is 11.2. The first-order chi connectivity index (χ1) is 8.11. The van der Waals surface area contributed by atoms with Crippen molar-refractivity contribution in [3.63, 3.8) is 0 Å². The van der Waals surface area contributed by atoms with E-state index in [2.05, 4.69) is 20.8 Å². The van der Waals surface area contributed by atoms with E-state index in [9.17, 15) is 10.2 Å². The molecule has 1 aromatic rings. The first kappa shape index (κ1) is 13.9. The monoisotopic (exact) mass is 236 g/mol. The molecule has 0 aliphatic carbocycles. The van der Waals surface area contributed by atoms with Crippen LogP contribution in [0.5, 0.6) is 11.5 Å². The molecule has 0 aliphatic heterocycles. The van der Waals surface area contributed by atoms with Gasteiger partial charge < -0.3 is 10.2 Å². The molecule has 0 heterocycles. The van der Waals surface area contributed by atoms with Gasteiger partial charge in [0.2, 0.25) is 0 Å². The highest BCUT2D eigenvalue weighted by atomic mass is 16.3. The highest BCUT2D eigenvalue weighted by molar-refractivity contribution is 5.52. The Morgan fingerprint density at radius 2 is 1.59 bits per heavy atom. The number of phenolic OH excluding ortho intramolecular Hbond substituents is 2. The number of aromatic hydroxyl groups is 2. The van der Waals surface area contributed by atoms with Crippen molar-refractivity contribution in [3.05, 3.63) is 22.8 Å². The van der Waals surface area contributed by atoms with Crippen molar-refractivity contribution in [2.75, 3.05) is 0 Å². The summed E-state index contributed by atoms with van der Waals surface area (Å²) in [7, 11) is 0. The zero-order valence-corrected chi connectivity index (χ0v) is 11.2. The molecule has 0 aromatic heterocycles. The summed E-state index contributed by atoms with van der Waals surface area (Å²) in [5, 5.41) is 19.7. The minimum Gasteiger partial charge on any atom is -0.504 e. The molecule has 0 atom stereocenters. The minimum atomic E-state index is 0.0350. The van der Waals surface area contributed by atoms with Gasteiger partial charge in [-0.05, 0) is 49.8 Å². The van der Waals surface area contributed by atoms with Crippen LogP contribution in [0.15, 0.2) is 6.07 Å². The Balaban J connectivity index is 3.04. The molecule has 2 nitrogen and oxygen atoms in total. The van der Waals surface area contributed by atoms with E-state index in [-0.39, 0.29) is 11.5 Å². The van der Waals surface area contributed by atoms with E-state index >= 15 is 0 Å². The third kappa shape index (κ3) is 3.39. The van der Waals surface area contributed by atoms with Crippen LogP contribution in [-0.2, 0) is 12.8 Å². The first-order valence-electron chi connectivity index (χ1n) is 6.65. The average Bonchev–Trinajstić information content (AvgIpc) is 2.32. The van der Waals surface area contributed by atoms with Gasteiger partial charge in [-0.25, -0.2) is 0 Å². The van der Waals surface area contributed by atoms with Crippen LogP contribution in [0.1, 0.15) is 56.2 Å². The number of phenols is 2. The maximum absolute atomic E-state index is 9.90. The van der Waals surface area contributed by atoms with Gasteiger partial charge in [0.05, 0.1) is 0 Å². The molecule has 0 saturated heterocycles. The molecule has 2 N–H and O–H groups in total. The molecule has 0 radical (unpaired) electrons. The highest BCUT2D eigenvalue weighted by Crippen LogP contribution is 2.35. The second-order valence-corrected chi connectivity index (χ2v) is 4.71. The highest BCUT2D eigenvalue weighted by Gasteiger charge is 2.13. The lowest BCUT2D eigenvalue weighted by molar-refractivity contribution is 0.397. The van der Waals surface area contributed by atoms with Gasteiger partial charge >= 0.3 is 0 Å². The molecule has 0 amide bonds. The summed E-state index contributed by atoms with van der Waals surface area (Å²) in [4.78, 5) is 0. The molecule has 0 spiro atoms. The summed E-state index contributed by atoms with van der Waals surface area (Å²) < 4.78 is 0. The second-order valence-electron chi connectivity index (χ2n) is 4.71. The van der Waals surface area contributed by atoms with Gasteiger partial charge in [-0.3, -0.25) is 0 Å². The normalized spacial score (nSPS) is 10.8. The minimum absolute atomic E-state index is 0.0350. The van der Waals surface area contributed by atoms with Crippen molar-refractivity contribution < 1.29 is 10.2 Å². The topological polar surface area (TPSA) is 40.5 Å². The number of aryl methyl sites for hydroxylation is 1. The Bertz CT molecular complexity index is 370. The van der Waals surface area contributed by atoms with Gasteiger partial charge in [-0.2, -0.15) is 0 Å². The lowest BCUT2D eigenvalue weighted by atomic mass is 9.94. The van der Waals surface area contributed by atoms with E-state index in [0.717, 1.165) is 49.7 Å².